The summed E-state index contributed by atoms with van der Waals surface area (Å²) in [5.41, 5.74) is 0.145. The topological polar surface area (TPSA) is 86.5 Å². The summed E-state index contributed by atoms with van der Waals surface area (Å²) >= 11 is 3.22. The third kappa shape index (κ3) is 14.3. The van der Waals surface area contributed by atoms with E-state index in [1.165, 1.54) is 0 Å². The molecule has 0 rings (SSSR count). The average molecular weight is 394 g/mol. The number of thioether (sulfide) groups is 2. The number of hydrogen-bond acceptors (Lipinski definition) is 6. The van der Waals surface area contributed by atoms with Crippen LogP contribution in [0.5, 0.6) is 0 Å². The van der Waals surface area contributed by atoms with Gasteiger partial charge in [0.25, 0.3) is 0 Å². The first kappa shape index (κ1) is 24.4. The zero-order chi connectivity index (χ0) is 19.2. The molecule has 0 aliphatic rings. The van der Waals surface area contributed by atoms with Crippen molar-refractivity contribution in [2.24, 2.45) is 0 Å². The molecule has 0 saturated heterocycles. The first-order chi connectivity index (χ1) is 11.8. The third-order valence-corrected chi connectivity index (χ3v) is 5.10. The van der Waals surface area contributed by atoms with E-state index in [4.69, 9.17) is 9.47 Å². The van der Waals surface area contributed by atoms with E-state index in [2.05, 4.69) is 9.98 Å². The van der Waals surface area contributed by atoms with E-state index in [1.807, 2.05) is 41.5 Å². The van der Waals surface area contributed by atoms with Gasteiger partial charge in [-0.3, -0.25) is 0 Å². The molecule has 6 nitrogen and oxygen atoms in total. The minimum atomic E-state index is -1.03. The van der Waals surface area contributed by atoms with Gasteiger partial charge >= 0.3 is 0 Å². The molecule has 0 spiro atoms. The van der Waals surface area contributed by atoms with Gasteiger partial charge in [-0.1, -0.05) is 0 Å². The van der Waals surface area contributed by atoms with Gasteiger partial charge in [-0.15, -0.1) is 0 Å². The number of carboxylic acids is 1. The van der Waals surface area contributed by atoms with Crippen molar-refractivity contribution in [1.82, 2.24) is 0 Å². The van der Waals surface area contributed by atoms with Crippen LogP contribution >= 0.6 is 23.5 Å². The minimum Gasteiger partial charge on any atom is -0.550 e. The Morgan fingerprint density at radius 2 is 1.56 bits per heavy atom. The lowest BCUT2D eigenvalue weighted by Gasteiger charge is -2.10. The van der Waals surface area contributed by atoms with Crippen molar-refractivity contribution in [1.29, 1.82) is 0 Å². The smallest absolute Gasteiger partial charge is 0.209 e. The average Bonchev–Trinajstić information content (AvgIpc) is 2.50. The number of nitrogens with one attached hydrogen (secondary N) is 2. The number of carboxylic acid groups (broad SMARTS) is 1. The number of aliphatic carboxylic acids is 1. The summed E-state index contributed by atoms with van der Waals surface area (Å²) in [7, 11) is 0. The highest BCUT2D eigenvalue weighted by Crippen LogP contribution is 2.11. The van der Waals surface area contributed by atoms with Crippen molar-refractivity contribution >= 4 is 39.6 Å². The predicted octanol–water partition coefficient (Wildman–Crippen LogP) is -0.885. The fraction of sp³-hybridized carbons (Fsp3) is 0.824. The Hall–Kier alpha value is -0.570. The van der Waals surface area contributed by atoms with Crippen LogP contribution < -0.4 is 15.1 Å². The van der Waals surface area contributed by atoms with Crippen molar-refractivity contribution in [3.05, 3.63) is 0 Å². The van der Waals surface area contributed by atoms with E-state index in [9.17, 15) is 9.90 Å². The predicted molar refractivity (Wildman–Crippen MR) is 104 cm³/mol. The van der Waals surface area contributed by atoms with Gasteiger partial charge in [0.2, 0.25) is 22.7 Å². The molecule has 0 amide bonds. The highest BCUT2D eigenvalue weighted by molar-refractivity contribution is 8.14. The van der Waals surface area contributed by atoms with Crippen LogP contribution in [0.25, 0.3) is 0 Å². The zero-order valence-corrected chi connectivity index (χ0v) is 17.9. The highest BCUT2D eigenvalue weighted by Gasteiger charge is 2.19. The summed E-state index contributed by atoms with van der Waals surface area (Å²) in [6, 6.07) is -0.00261. The number of ether oxygens (including phenoxy) is 2. The van der Waals surface area contributed by atoms with E-state index in [-0.39, 0.29) is 23.3 Å². The van der Waals surface area contributed by atoms with Crippen molar-refractivity contribution in [3.63, 3.8) is 0 Å². The van der Waals surface area contributed by atoms with Gasteiger partial charge in [-0.2, -0.15) is 0 Å². The molecule has 0 aliphatic carbocycles. The second-order valence-corrected chi connectivity index (χ2v) is 8.55. The molecule has 0 radical (unpaired) electrons. The Kier molecular flexibility index (Phi) is 14.3. The van der Waals surface area contributed by atoms with E-state index in [0.717, 1.165) is 10.1 Å². The Balaban J connectivity index is 4.77. The Morgan fingerprint density at radius 3 is 2.04 bits per heavy atom. The summed E-state index contributed by atoms with van der Waals surface area (Å²) in [6.07, 6.45) is 0.523. The monoisotopic (exact) mass is 393 g/mol. The normalized spacial score (nSPS) is 16.6. The van der Waals surface area contributed by atoms with Gasteiger partial charge in [-0.05, 0) is 57.6 Å². The molecule has 0 aliphatic heterocycles. The SMILES string of the molecule is CCOC(C)SC(C)=[NH+]CC(CCC(=O)[O-])[NH+]=C(C)SC(C)OCC. The van der Waals surface area contributed by atoms with Crippen LogP contribution in [0.15, 0.2) is 0 Å². The van der Waals surface area contributed by atoms with Crippen LogP contribution in [0, 0.1) is 0 Å². The van der Waals surface area contributed by atoms with Crippen LogP contribution in [-0.2, 0) is 14.3 Å². The van der Waals surface area contributed by atoms with Gasteiger partial charge in [0, 0.05) is 39.5 Å². The van der Waals surface area contributed by atoms with Gasteiger partial charge in [0.05, 0.1) is 0 Å². The zero-order valence-electron chi connectivity index (χ0n) is 16.2. The maximum absolute atomic E-state index is 10.8. The van der Waals surface area contributed by atoms with Crippen molar-refractivity contribution in [3.8, 4) is 0 Å². The molecule has 8 heteroatoms. The fourth-order valence-corrected chi connectivity index (χ4v) is 3.99. The lowest BCUT2D eigenvalue weighted by molar-refractivity contribution is -0.571. The van der Waals surface area contributed by atoms with Crippen LogP contribution in [-0.4, -0.2) is 52.7 Å². The van der Waals surface area contributed by atoms with E-state index < -0.39 is 5.97 Å². The van der Waals surface area contributed by atoms with Crippen LogP contribution in [0.4, 0.5) is 0 Å². The first-order valence-electron chi connectivity index (χ1n) is 8.72. The molecule has 0 aromatic heterocycles. The van der Waals surface area contributed by atoms with E-state index >= 15 is 0 Å². The summed E-state index contributed by atoms with van der Waals surface area (Å²) in [5.74, 6) is -1.03. The molecular weight excluding hydrogens is 360 g/mol. The van der Waals surface area contributed by atoms with Crippen LogP contribution in [0.3, 0.4) is 0 Å². The number of carbonyl (C=O) groups is 1. The molecule has 0 aromatic carbocycles. The standard InChI is InChI=1S/C17H32N2O4S2/c1-7-22-14(5)24-12(3)18-11-16(9-10-17(20)21)19-13(4)25-15(6)23-8-2/h14-16H,7-11H2,1-6H3,(H,20,21)/p+1. The van der Waals surface area contributed by atoms with Gasteiger partial charge in [-0.25, -0.2) is 9.98 Å². The van der Waals surface area contributed by atoms with E-state index in [0.29, 0.717) is 26.2 Å². The molecule has 146 valence electrons. The molecule has 3 atom stereocenters. The highest BCUT2D eigenvalue weighted by atomic mass is 32.2. The fourth-order valence-electron chi connectivity index (χ4n) is 2.18. The van der Waals surface area contributed by atoms with Crippen LogP contribution in [0.1, 0.15) is 54.4 Å². The summed E-state index contributed by atoms with van der Waals surface area (Å²) in [5, 5.41) is 12.9. The second-order valence-electron chi connectivity index (χ2n) is 5.53. The molecule has 0 saturated carbocycles. The second kappa shape index (κ2) is 14.6. The first-order valence-corrected chi connectivity index (χ1v) is 10.5. The lowest BCUT2D eigenvalue weighted by Crippen LogP contribution is -2.89. The van der Waals surface area contributed by atoms with Crippen LogP contribution in [0.2, 0.25) is 0 Å². The van der Waals surface area contributed by atoms with Crippen molar-refractivity contribution in [2.75, 3.05) is 19.8 Å². The Labute approximate surface area is 160 Å². The number of carbonyl (C=O) groups excluding carboxylic acids is 1. The van der Waals surface area contributed by atoms with Crippen molar-refractivity contribution < 1.29 is 29.4 Å². The van der Waals surface area contributed by atoms with Gasteiger partial charge in [0.1, 0.15) is 10.9 Å². The minimum absolute atomic E-state index is 0.00261. The lowest BCUT2D eigenvalue weighted by atomic mass is 10.1. The molecule has 0 heterocycles. The van der Waals surface area contributed by atoms with Crippen molar-refractivity contribution in [2.45, 2.75) is 71.3 Å². The quantitative estimate of drug-likeness (QED) is 0.254. The number of hydrogen-bond donors (Lipinski definition) is 2. The maximum Gasteiger partial charge on any atom is 0.209 e. The van der Waals surface area contributed by atoms with Gasteiger partial charge < -0.3 is 19.4 Å². The maximum atomic E-state index is 10.8. The van der Waals surface area contributed by atoms with E-state index in [1.54, 1.807) is 23.5 Å². The third-order valence-electron chi connectivity index (χ3n) is 3.19. The molecule has 0 aromatic rings. The molecular formula is C17H33N2O4S2+. The summed E-state index contributed by atoms with van der Waals surface area (Å²) in [6.45, 7) is 13.9. The molecule has 2 N–H and O–H groups in total. The Bertz CT molecular complexity index is 444. The number of rotatable bonds is 12. The summed E-state index contributed by atoms with van der Waals surface area (Å²) in [4.78, 5) is 17.5. The largest absolute Gasteiger partial charge is 0.550 e. The molecule has 25 heavy (non-hydrogen) atoms. The molecule has 3 unspecified atom stereocenters. The summed E-state index contributed by atoms with van der Waals surface area (Å²) < 4.78 is 11.0. The Morgan fingerprint density at radius 1 is 1.04 bits per heavy atom. The molecule has 0 bridgehead atoms. The van der Waals surface area contributed by atoms with Gasteiger partial charge in [0.15, 0.2) is 0 Å². The molecule has 0 fully saturated rings.